The first-order chi connectivity index (χ1) is 8.65. The zero-order valence-corrected chi connectivity index (χ0v) is 11.3. The molecule has 2 rings (SSSR count). The fraction of sp³-hybridized carbons (Fsp3) is 0.167. The molecule has 0 saturated heterocycles. The first-order valence-electron chi connectivity index (χ1n) is 5.33. The first-order valence-corrected chi connectivity index (χ1v) is 6.69. The number of hydrogen-bond acceptors (Lipinski definition) is 3. The highest BCUT2D eigenvalue weighted by Gasteiger charge is 2.07. The van der Waals surface area contributed by atoms with Crippen molar-refractivity contribution in [3.8, 4) is 0 Å². The van der Waals surface area contributed by atoms with Crippen LogP contribution in [0, 0.1) is 6.92 Å². The van der Waals surface area contributed by atoms with Crippen LogP contribution in [0.5, 0.6) is 0 Å². The average molecular weight is 282 g/mol. The van der Waals surface area contributed by atoms with Gasteiger partial charge in [0.2, 0.25) is 5.91 Å². The number of imidazole rings is 1. The monoisotopic (exact) mass is 281 g/mol. The van der Waals surface area contributed by atoms with E-state index >= 15 is 0 Å². The number of aromatic amines is 1. The van der Waals surface area contributed by atoms with Crippen LogP contribution in [0.2, 0.25) is 5.02 Å². The van der Waals surface area contributed by atoms with Crippen LogP contribution in [-0.2, 0) is 4.79 Å². The zero-order chi connectivity index (χ0) is 13.0. The van der Waals surface area contributed by atoms with Crippen molar-refractivity contribution in [1.82, 2.24) is 9.97 Å². The van der Waals surface area contributed by atoms with E-state index in [1.165, 1.54) is 11.8 Å². The number of hydrogen-bond donors (Lipinski definition) is 2. The van der Waals surface area contributed by atoms with Crippen LogP contribution in [0.15, 0.2) is 35.7 Å². The van der Waals surface area contributed by atoms with Crippen molar-refractivity contribution < 1.29 is 4.79 Å². The number of nitrogens with zero attached hydrogens (tertiary/aromatic N) is 1. The van der Waals surface area contributed by atoms with Gasteiger partial charge in [-0.3, -0.25) is 4.79 Å². The molecule has 1 amide bonds. The lowest BCUT2D eigenvalue weighted by Gasteiger charge is -2.08. The Morgan fingerprint density at radius 1 is 1.56 bits per heavy atom. The third kappa shape index (κ3) is 3.51. The van der Waals surface area contributed by atoms with E-state index in [0.717, 1.165) is 16.4 Å². The molecule has 0 fully saturated rings. The second-order valence-electron chi connectivity index (χ2n) is 3.69. The molecule has 0 saturated carbocycles. The SMILES string of the molecule is Cc1ccc(Cl)cc1NC(=O)CSc1ncc[nH]1. The minimum absolute atomic E-state index is 0.0817. The standard InChI is InChI=1S/C12H12ClN3OS/c1-8-2-3-9(13)6-10(8)16-11(17)7-18-12-14-4-5-15-12/h2-6H,7H2,1H3,(H,14,15)(H,16,17). The van der Waals surface area contributed by atoms with Crippen LogP contribution in [0.4, 0.5) is 5.69 Å². The van der Waals surface area contributed by atoms with Crippen molar-refractivity contribution in [2.45, 2.75) is 12.1 Å². The lowest BCUT2D eigenvalue weighted by molar-refractivity contribution is -0.113. The second kappa shape index (κ2) is 5.93. The molecule has 2 aromatic rings. The number of aromatic nitrogens is 2. The lowest BCUT2D eigenvalue weighted by atomic mass is 10.2. The van der Waals surface area contributed by atoms with Crippen LogP contribution in [0.1, 0.15) is 5.56 Å². The highest BCUT2D eigenvalue weighted by atomic mass is 35.5. The van der Waals surface area contributed by atoms with E-state index in [1.54, 1.807) is 24.5 Å². The second-order valence-corrected chi connectivity index (χ2v) is 5.09. The summed E-state index contributed by atoms with van der Waals surface area (Å²) in [4.78, 5) is 18.7. The topological polar surface area (TPSA) is 57.8 Å². The summed E-state index contributed by atoms with van der Waals surface area (Å²) in [5.41, 5.74) is 1.73. The molecule has 0 atom stereocenters. The maximum absolute atomic E-state index is 11.8. The molecule has 1 aromatic heterocycles. The lowest BCUT2D eigenvalue weighted by Crippen LogP contribution is -2.14. The number of nitrogens with one attached hydrogen (secondary N) is 2. The fourth-order valence-corrected chi connectivity index (χ4v) is 2.18. The van der Waals surface area contributed by atoms with E-state index in [0.29, 0.717) is 10.8 Å². The molecule has 18 heavy (non-hydrogen) atoms. The summed E-state index contributed by atoms with van der Waals surface area (Å²) >= 11 is 7.24. The van der Waals surface area contributed by atoms with Gasteiger partial charge in [0.25, 0.3) is 0 Å². The van der Waals surface area contributed by atoms with Crippen LogP contribution in [0.3, 0.4) is 0 Å². The summed E-state index contributed by atoms with van der Waals surface area (Å²) in [6.45, 7) is 1.92. The normalized spacial score (nSPS) is 10.3. The zero-order valence-electron chi connectivity index (χ0n) is 9.74. The largest absolute Gasteiger partial charge is 0.340 e. The molecular weight excluding hydrogens is 270 g/mol. The molecule has 94 valence electrons. The van der Waals surface area contributed by atoms with Gasteiger partial charge in [-0.2, -0.15) is 0 Å². The highest BCUT2D eigenvalue weighted by molar-refractivity contribution is 7.99. The molecule has 6 heteroatoms. The molecule has 0 aliphatic rings. The van der Waals surface area contributed by atoms with Crippen LogP contribution in [-0.4, -0.2) is 21.6 Å². The Labute approximate surface area is 114 Å². The van der Waals surface area contributed by atoms with E-state index in [2.05, 4.69) is 15.3 Å². The van der Waals surface area contributed by atoms with Crippen molar-refractivity contribution in [1.29, 1.82) is 0 Å². The van der Waals surface area contributed by atoms with E-state index in [-0.39, 0.29) is 5.91 Å². The number of halogens is 1. The molecule has 0 spiro atoms. The Balaban J connectivity index is 1.92. The molecule has 0 aliphatic carbocycles. The fourth-order valence-electron chi connectivity index (χ4n) is 1.38. The number of amides is 1. The smallest absolute Gasteiger partial charge is 0.234 e. The molecule has 2 N–H and O–H groups in total. The summed E-state index contributed by atoms with van der Waals surface area (Å²) in [5.74, 6) is 0.223. The van der Waals surface area contributed by atoms with Crippen molar-refractivity contribution in [3.63, 3.8) is 0 Å². The van der Waals surface area contributed by atoms with E-state index in [4.69, 9.17) is 11.6 Å². The Morgan fingerprint density at radius 2 is 2.39 bits per heavy atom. The van der Waals surface area contributed by atoms with E-state index in [1.807, 2.05) is 13.0 Å². The van der Waals surface area contributed by atoms with Gasteiger partial charge in [0.15, 0.2) is 5.16 Å². The van der Waals surface area contributed by atoms with Gasteiger partial charge in [-0.05, 0) is 24.6 Å². The number of rotatable bonds is 4. The average Bonchev–Trinajstić information content (AvgIpc) is 2.84. The number of aryl methyl sites for hydroxylation is 1. The molecule has 0 unspecified atom stereocenters. The number of carbonyl (C=O) groups is 1. The quantitative estimate of drug-likeness (QED) is 0.847. The van der Waals surface area contributed by atoms with Crippen LogP contribution in [0.25, 0.3) is 0 Å². The maximum atomic E-state index is 11.8. The summed E-state index contributed by atoms with van der Waals surface area (Å²) in [5, 5.41) is 4.16. The van der Waals surface area contributed by atoms with Gasteiger partial charge in [0, 0.05) is 23.1 Å². The Bertz CT molecular complexity index is 542. The molecule has 0 radical (unpaired) electrons. The van der Waals surface area contributed by atoms with Crippen molar-refractivity contribution in [3.05, 3.63) is 41.2 Å². The number of thioether (sulfide) groups is 1. The molecular formula is C12H12ClN3OS. The number of benzene rings is 1. The van der Waals surface area contributed by atoms with E-state index in [9.17, 15) is 4.79 Å². The van der Waals surface area contributed by atoms with Gasteiger partial charge in [-0.15, -0.1) is 0 Å². The number of anilines is 1. The summed E-state index contributed by atoms with van der Waals surface area (Å²) < 4.78 is 0. The van der Waals surface area contributed by atoms with Gasteiger partial charge < -0.3 is 10.3 Å². The molecule has 0 aliphatic heterocycles. The number of H-pyrrole nitrogens is 1. The first kappa shape index (κ1) is 13.0. The predicted octanol–water partition coefficient (Wildman–Crippen LogP) is 3.10. The van der Waals surface area contributed by atoms with Gasteiger partial charge in [0.1, 0.15) is 0 Å². The number of carbonyl (C=O) groups excluding carboxylic acids is 1. The van der Waals surface area contributed by atoms with Crippen LogP contribution < -0.4 is 5.32 Å². The van der Waals surface area contributed by atoms with E-state index < -0.39 is 0 Å². The van der Waals surface area contributed by atoms with Crippen LogP contribution >= 0.6 is 23.4 Å². The molecule has 1 heterocycles. The van der Waals surface area contributed by atoms with Crippen molar-refractivity contribution in [2.24, 2.45) is 0 Å². The van der Waals surface area contributed by atoms with Crippen molar-refractivity contribution in [2.75, 3.05) is 11.1 Å². The van der Waals surface area contributed by atoms with Gasteiger partial charge in [-0.25, -0.2) is 4.98 Å². The van der Waals surface area contributed by atoms with Gasteiger partial charge in [-0.1, -0.05) is 29.4 Å². The predicted molar refractivity (Wildman–Crippen MR) is 74.1 cm³/mol. The third-order valence-electron chi connectivity index (χ3n) is 2.29. The minimum atomic E-state index is -0.0817. The van der Waals surface area contributed by atoms with Gasteiger partial charge >= 0.3 is 0 Å². The summed E-state index contributed by atoms with van der Waals surface area (Å²) in [6, 6.07) is 5.41. The third-order valence-corrected chi connectivity index (χ3v) is 3.43. The summed E-state index contributed by atoms with van der Waals surface area (Å²) in [6.07, 6.45) is 3.38. The maximum Gasteiger partial charge on any atom is 0.234 e. The molecule has 4 nitrogen and oxygen atoms in total. The molecule has 0 bridgehead atoms. The van der Waals surface area contributed by atoms with Gasteiger partial charge in [0.05, 0.1) is 5.75 Å². The van der Waals surface area contributed by atoms with Crippen molar-refractivity contribution >= 4 is 35.0 Å². The Kier molecular flexibility index (Phi) is 4.28. The Hall–Kier alpha value is -1.46. The Morgan fingerprint density at radius 3 is 3.11 bits per heavy atom. The minimum Gasteiger partial charge on any atom is -0.340 e. The molecule has 1 aromatic carbocycles. The highest BCUT2D eigenvalue weighted by Crippen LogP contribution is 2.20. The summed E-state index contributed by atoms with van der Waals surface area (Å²) in [7, 11) is 0.